The second-order valence-electron chi connectivity index (χ2n) is 4.38. The van der Waals surface area contributed by atoms with Gasteiger partial charge in [-0.05, 0) is 12.8 Å². The Hall–Kier alpha value is -2.24. The van der Waals surface area contributed by atoms with Crippen LogP contribution in [0.5, 0.6) is 0 Å². The summed E-state index contributed by atoms with van der Waals surface area (Å²) in [6.45, 7) is 5.64. The molecule has 0 amide bonds. The monoisotopic (exact) mass is 246 g/mol. The number of aryl methyl sites for hydroxylation is 1. The molecule has 0 atom stereocenters. The van der Waals surface area contributed by atoms with Crippen LogP contribution in [0.15, 0.2) is 17.1 Å². The third-order valence-electron chi connectivity index (χ3n) is 2.57. The molecular weight excluding hydrogens is 232 g/mol. The second kappa shape index (κ2) is 4.56. The molecule has 2 aromatic heterocycles. The van der Waals surface area contributed by atoms with Gasteiger partial charge in [0.2, 0.25) is 5.95 Å². The van der Waals surface area contributed by atoms with E-state index in [-0.39, 0.29) is 11.5 Å². The van der Waals surface area contributed by atoms with Gasteiger partial charge in [-0.3, -0.25) is 14.6 Å². The van der Waals surface area contributed by atoms with E-state index in [0.717, 1.165) is 12.0 Å². The Kier molecular flexibility index (Phi) is 3.10. The van der Waals surface area contributed by atoms with Crippen LogP contribution < -0.4 is 5.56 Å². The molecule has 0 aliphatic heterocycles. The van der Waals surface area contributed by atoms with Crippen molar-refractivity contribution in [2.75, 3.05) is 0 Å². The molecule has 0 fully saturated rings. The zero-order valence-electron chi connectivity index (χ0n) is 10.5. The lowest BCUT2D eigenvalue weighted by atomic mass is 10.1. The number of H-pyrrole nitrogens is 1. The van der Waals surface area contributed by atoms with E-state index in [2.05, 4.69) is 15.1 Å². The van der Waals surface area contributed by atoms with Crippen LogP contribution in [0.4, 0.5) is 0 Å². The molecule has 2 aromatic rings. The first-order valence-electron chi connectivity index (χ1n) is 5.64. The molecule has 0 bridgehead atoms. The van der Waals surface area contributed by atoms with Crippen LogP contribution in [0, 0.1) is 6.92 Å². The Morgan fingerprint density at radius 1 is 1.44 bits per heavy atom. The minimum atomic E-state index is -0.240. The highest BCUT2D eigenvalue weighted by atomic mass is 16.1. The standard InChI is InChI=1S/C12H14N4O2/c1-7(2)11-9(6-17)5-13-16(11)12-14-8(3)4-10(18)15-12/h4-7H,1-3H3,(H,14,15,18). The lowest BCUT2D eigenvalue weighted by Gasteiger charge is -2.10. The van der Waals surface area contributed by atoms with E-state index in [4.69, 9.17) is 0 Å². The fourth-order valence-electron chi connectivity index (χ4n) is 1.87. The van der Waals surface area contributed by atoms with Crippen LogP contribution in [0.3, 0.4) is 0 Å². The molecule has 2 rings (SSSR count). The predicted octanol–water partition coefficient (Wildman–Crippen LogP) is 1.20. The van der Waals surface area contributed by atoms with E-state index in [9.17, 15) is 9.59 Å². The van der Waals surface area contributed by atoms with E-state index >= 15 is 0 Å². The maximum atomic E-state index is 11.4. The zero-order chi connectivity index (χ0) is 13.3. The van der Waals surface area contributed by atoms with Crippen molar-refractivity contribution in [3.05, 3.63) is 39.6 Å². The highest BCUT2D eigenvalue weighted by molar-refractivity contribution is 5.76. The van der Waals surface area contributed by atoms with Crippen LogP contribution in [-0.4, -0.2) is 26.0 Å². The van der Waals surface area contributed by atoms with Crippen LogP contribution in [-0.2, 0) is 0 Å². The summed E-state index contributed by atoms with van der Waals surface area (Å²) >= 11 is 0. The number of aldehydes is 1. The van der Waals surface area contributed by atoms with Gasteiger partial charge in [0.1, 0.15) is 0 Å². The largest absolute Gasteiger partial charge is 0.298 e. The summed E-state index contributed by atoms with van der Waals surface area (Å²) in [7, 11) is 0. The molecule has 6 nitrogen and oxygen atoms in total. The Morgan fingerprint density at radius 2 is 2.17 bits per heavy atom. The Labute approximate surface area is 104 Å². The SMILES string of the molecule is Cc1cc(=O)[nH]c(-n2ncc(C=O)c2C(C)C)n1. The summed E-state index contributed by atoms with van der Waals surface area (Å²) in [6.07, 6.45) is 2.23. The molecule has 94 valence electrons. The lowest BCUT2D eigenvalue weighted by molar-refractivity contribution is 0.112. The number of aromatic nitrogens is 4. The Morgan fingerprint density at radius 3 is 2.72 bits per heavy atom. The molecule has 6 heteroatoms. The first-order valence-corrected chi connectivity index (χ1v) is 5.64. The molecule has 0 aliphatic rings. The van der Waals surface area contributed by atoms with Gasteiger partial charge >= 0.3 is 0 Å². The molecule has 18 heavy (non-hydrogen) atoms. The van der Waals surface area contributed by atoms with Crippen LogP contribution in [0.25, 0.3) is 5.95 Å². The van der Waals surface area contributed by atoms with Crippen molar-refractivity contribution >= 4 is 6.29 Å². The quantitative estimate of drug-likeness (QED) is 0.825. The number of hydrogen-bond donors (Lipinski definition) is 1. The summed E-state index contributed by atoms with van der Waals surface area (Å²) in [5.74, 6) is 0.426. The van der Waals surface area contributed by atoms with Crippen LogP contribution >= 0.6 is 0 Å². The summed E-state index contributed by atoms with van der Waals surface area (Å²) in [4.78, 5) is 29.2. The maximum Gasteiger partial charge on any atom is 0.252 e. The molecule has 0 aromatic carbocycles. The van der Waals surface area contributed by atoms with Crippen LogP contribution in [0.1, 0.15) is 41.5 Å². The van der Waals surface area contributed by atoms with Gasteiger partial charge in [0, 0.05) is 11.8 Å². The highest BCUT2D eigenvalue weighted by Crippen LogP contribution is 2.19. The molecule has 0 unspecified atom stereocenters. The molecule has 2 heterocycles. The van der Waals surface area contributed by atoms with Gasteiger partial charge in [-0.25, -0.2) is 9.67 Å². The van der Waals surface area contributed by atoms with Gasteiger partial charge in [0.15, 0.2) is 6.29 Å². The maximum absolute atomic E-state index is 11.4. The number of rotatable bonds is 3. The van der Waals surface area contributed by atoms with Crippen molar-refractivity contribution in [2.45, 2.75) is 26.7 Å². The first kappa shape index (κ1) is 12.2. The third kappa shape index (κ3) is 2.09. The molecule has 0 spiro atoms. The molecule has 0 saturated heterocycles. The van der Waals surface area contributed by atoms with Crippen molar-refractivity contribution in [3.8, 4) is 5.95 Å². The minimum Gasteiger partial charge on any atom is -0.298 e. The average molecular weight is 246 g/mol. The highest BCUT2D eigenvalue weighted by Gasteiger charge is 2.16. The van der Waals surface area contributed by atoms with Gasteiger partial charge in [-0.2, -0.15) is 5.10 Å². The number of hydrogen-bond acceptors (Lipinski definition) is 4. The summed E-state index contributed by atoms with van der Waals surface area (Å²) in [6, 6.07) is 1.41. The lowest BCUT2D eigenvalue weighted by Crippen LogP contribution is -2.16. The van der Waals surface area contributed by atoms with Crippen LogP contribution in [0.2, 0.25) is 0 Å². The van der Waals surface area contributed by atoms with E-state index < -0.39 is 0 Å². The fourth-order valence-corrected chi connectivity index (χ4v) is 1.87. The molecule has 0 saturated carbocycles. The van der Waals surface area contributed by atoms with Crippen molar-refractivity contribution < 1.29 is 4.79 Å². The Bertz CT molecular complexity index is 640. The van der Waals surface area contributed by atoms with E-state index in [0.29, 0.717) is 17.2 Å². The van der Waals surface area contributed by atoms with Gasteiger partial charge in [-0.15, -0.1) is 0 Å². The number of carbonyl (C=O) groups excluding carboxylic acids is 1. The van der Waals surface area contributed by atoms with Gasteiger partial charge in [0.05, 0.1) is 17.5 Å². The van der Waals surface area contributed by atoms with Crippen molar-refractivity contribution in [2.24, 2.45) is 0 Å². The minimum absolute atomic E-state index is 0.0958. The van der Waals surface area contributed by atoms with Gasteiger partial charge in [0.25, 0.3) is 5.56 Å². The number of aromatic amines is 1. The van der Waals surface area contributed by atoms with Gasteiger partial charge < -0.3 is 0 Å². The molecule has 0 radical (unpaired) electrons. The third-order valence-corrected chi connectivity index (χ3v) is 2.57. The topological polar surface area (TPSA) is 80.6 Å². The molecular formula is C12H14N4O2. The van der Waals surface area contributed by atoms with Crippen molar-refractivity contribution in [1.82, 2.24) is 19.7 Å². The summed E-state index contributed by atoms with van der Waals surface area (Å²) < 4.78 is 1.50. The molecule has 1 N–H and O–H groups in total. The van der Waals surface area contributed by atoms with Crippen molar-refractivity contribution in [1.29, 1.82) is 0 Å². The number of nitrogens with zero attached hydrogens (tertiary/aromatic N) is 3. The second-order valence-corrected chi connectivity index (χ2v) is 4.38. The normalized spacial score (nSPS) is 10.9. The fraction of sp³-hybridized carbons (Fsp3) is 0.333. The first-order chi connectivity index (χ1) is 8.52. The smallest absolute Gasteiger partial charge is 0.252 e. The Balaban J connectivity index is 2.67. The number of carbonyl (C=O) groups is 1. The predicted molar refractivity (Wildman–Crippen MR) is 66.2 cm³/mol. The van der Waals surface area contributed by atoms with Crippen molar-refractivity contribution in [3.63, 3.8) is 0 Å². The van der Waals surface area contributed by atoms with E-state index in [1.54, 1.807) is 6.92 Å². The van der Waals surface area contributed by atoms with E-state index in [1.165, 1.54) is 16.9 Å². The summed E-state index contributed by atoms with van der Waals surface area (Å²) in [5.41, 5.74) is 1.61. The average Bonchev–Trinajstić information content (AvgIpc) is 2.71. The number of nitrogens with one attached hydrogen (secondary N) is 1. The zero-order valence-corrected chi connectivity index (χ0v) is 10.5. The summed E-state index contributed by atoms with van der Waals surface area (Å²) in [5, 5.41) is 4.11. The molecule has 0 aliphatic carbocycles. The van der Waals surface area contributed by atoms with Gasteiger partial charge in [-0.1, -0.05) is 13.8 Å². The van der Waals surface area contributed by atoms with E-state index in [1.807, 2.05) is 13.8 Å².